The fourth-order valence-electron chi connectivity index (χ4n) is 3.77. The van der Waals surface area contributed by atoms with Crippen LogP contribution in [0.5, 0.6) is 5.75 Å². The van der Waals surface area contributed by atoms with Crippen molar-refractivity contribution >= 4 is 11.8 Å². The molecule has 0 bridgehead atoms. The molecule has 2 N–H and O–H groups in total. The highest BCUT2D eigenvalue weighted by molar-refractivity contribution is 5.70. The highest BCUT2D eigenvalue weighted by Gasteiger charge is 2.59. The Morgan fingerprint density at radius 2 is 2.14 bits per heavy atom. The molecule has 150 valence electrons. The summed E-state index contributed by atoms with van der Waals surface area (Å²) >= 11 is 0. The molecule has 4 rings (SSSR count). The number of hydrogen-bond donors (Lipinski definition) is 2. The second kappa shape index (κ2) is 8.34. The van der Waals surface area contributed by atoms with E-state index in [2.05, 4.69) is 15.3 Å². The zero-order valence-corrected chi connectivity index (χ0v) is 16.0. The van der Waals surface area contributed by atoms with Crippen LogP contribution in [-0.4, -0.2) is 34.2 Å². The summed E-state index contributed by atoms with van der Waals surface area (Å²) in [5, 5.41) is 12.6. The van der Waals surface area contributed by atoms with Gasteiger partial charge in [-0.3, -0.25) is 4.79 Å². The van der Waals surface area contributed by atoms with E-state index in [0.717, 1.165) is 36.5 Å². The quantitative estimate of drug-likeness (QED) is 0.505. The van der Waals surface area contributed by atoms with E-state index in [0.29, 0.717) is 12.4 Å². The smallest absolute Gasteiger partial charge is 0.304 e. The van der Waals surface area contributed by atoms with Crippen LogP contribution in [0.25, 0.3) is 0 Å². The van der Waals surface area contributed by atoms with Crippen molar-refractivity contribution in [3.05, 3.63) is 72.6 Å². The maximum atomic E-state index is 11.4. The van der Waals surface area contributed by atoms with Gasteiger partial charge in [0.25, 0.3) is 0 Å². The molecule has 29 heavy (non-hydrogen) atoms. The summed E-state index contributed by atoms with van der Waals surface area (Å²) < 4.78 is 11.2. The van der Waals surface area contributed by atoms with Gasteiger partial charge in [0.1, 0.15) is 17.3 Å². The van der Waals surface area contributed by atoms with Crippen molar-refractivity contribution in [3.8, 4) is 5.75 Å². The minimum Gasteiger partial charge on any atom is -0.494 e. The molecule has 7 nitrogen and oxygen atoms in total. The van der Waals surface area contributed by atoms with Crippen molar-refractivity contribution in [2.24, 2.45) is 0 Å². The Morgan fingerprint density at radius 1 is 1.28 bits per heavy atom. The molecule has 2 aromatic heterocycles. The van der Waals surface area contributed by atoms with E-state index in [9.17, 15) is 9.90 Å². The third-order valence-corrected chi connectivity index (χ3v) is 5.31. The number of carboxylic acids is 1. The predicted octanol–water partition coefficient (Wildman–Crippen LogP) is 3.85. The molecular weight excluding hydrogens is 370 g/mol. The number of nitrogens with one attached hydrogen (secondary N) is 1. The second-order valence-corrected chi connectivity index (χ2v) is 7.26. The first kappa shape index (κ1) is 19.0. The Kier molecular flexibility index (Phi) is 5.46. The third-order valence-electron chi connectivity index (χ3n) is 5.31. The molecule has 1 saturated carbocycles. The number of pyridine rings is 1. The Labute approximate surface area is 168 Å². The van der Waals surface area contributed by atoms with Crippen LogP contribution >= 0.6 is 0 Å². The number of hydrogen-bond acceptors (Lipinski definition) is 6. The summed E-state index contributed by atoms with van der Waals surface area (Å²) in [6.45, 7) is 1.38. The number of carbonyl (C=O) groups is 1. The van der Waals surface area contributed by atoms with Crippen LogP contribution in [0.2, 0.25) is 0 Å². The normalized spacial score (nSPS) is 20.2. The predicted molar refractivity (Wildman–Crippen MR) is 107 cm³/mol. The van der Waals surface area contributed by atoms with Gasteiger partial charge in [0.05, 0.1) is 19.2 Å². The lowest BCUT2D eigenvalue weighted by molar-refractivity contribution is -0.137. The van der Waals surface area contributed by atoms with E-state index in [1.165, 1.54) is 6.39 Å². The van der Waals surface area contributed by atoms with Gasteiger partial charge in [-0.1, -0.05) is 18.2 Å². The third kappa shape index (κ3) is 4.39. The van der Waals surface area contributed by atoms with Crippen LogP contribution in [0, 0.1) is 0 Å². The monoisotopic (exact) mass is 393 g/mol. The molecule has 0 amide bonds. The van der Waals surface area contributed by atoms with Crippen molar-refractivity contribution in [1.82, 2.24) is 9.97 Å². The van der Waals surface area contributed by atoms with Gasteiger partial charge >= 0.3 is 5.97 Å². The van der Waals surface area contributed by atoms with Crippen LogP contribution in [0.1, 0.15) is 36.5 Å². The number of carboxylic acid groups (broad SMARTS) is 1. The Morgan fingerprint density at radius 3 is 2.83 bits per heavy atom. The first-order valence-corrected chi connectivity index (χ1v) is 9.66. The SMILES string of the molecule is O=C(O)CC1(c2cnco2)CC1c1ccc(OCCCNc2ccccn2)cc1. The molecular formula is C22H23N3O4. The Bertz CT molecular complexity index is 928. The molecule has 0 aliphatic heterocycles. The van der Waals surface area contributed by atoms with E-state index >= 15 is 0 Å². The van der Waals surface area contributed by atoms with Crippen LogP contribution < -0.4 is 10.1 Å². The summed E-state index contributed by atoms with van der Waals surface area (Å²) in [4.78, 5) is 19.5. The molecule has 2 atom stereocenters. The molecule has 7 heteroatoms. The van der Waals surface area contributed by atoms with Crippen molar-refractivity contribution < 1.29 is 19.1 Å². The minimum atomic E-state index is -0.830. The fraction of sp³-hybridized carbons (Fsp3) is 0.318. The standard InChI is InChI=1S/C22H23N3O4/c26-21(27)13-22(19-14-23-15-29-19)12-18(22)16-5-7-17(8-6-16)28-11-3-10-25-20-4-1-2-9-24-20/h1-2,4-9,14-15,18H,3,10-13H2,(H,24,25)(H,26,27). The molecule has 1 aliphatic rings. The van der Waals surface area contributed by atoms with Crippen LogP contribution in [0.3, 0.4) is 0 Å². The van der Waals surface area contributed by atoms with Gasteiger partial charge in [-0.25, -0.2) is 9.97 Å². The molecule has 0 radical (unpaired) electrons. The molecule has 1 fully saturated rings. The van der Waals surface area contributed by atoms with Gasteiger partial charge in [-0.2, -0.15) is 0 Å². The van der Waals surface area contributed by atoms with Crippen molar-refractivity contribution in [2.45, 2.75) is 30.6 Å². The summed E-state index contributed by atoms with van der Waals surface area (Å²) in [5.74, 6) is 1.59. The molecule has 2 unspecified atom stereocenters. The highest BCUT2D eigenvalue weighted by atomic mass is 16.5. The zero-order valence-electron chi connectivity index (χ0n) is 16.0. The van der Waals surface area contributed by atoms with Gasteiger partial charge in [-0.15, -0.1) is 0 Å². The lowest BCUT2D eigenvalue weighted by atomic mass is 9.93. The van der Waals surface area contributed by atoms with Gasteiger partial charge < -0.3 is 19.6 Å². The maximum Gasteiger partial charge on any atom is 0.304 e. The molecule has 0 saturated heterocycles. The number of aromatic nitrogens is 2. The van der Waals surface area contributed by atoms with Crippen molar-refractivity contribution in [2.75, 3.05) is 18.5 Å². The molecule has 1 aliphatic carbocycles. The Balaban J connectivity index is 1.29. The van der Waals surface area contributed by atoms with Crippen molar-refractivity contribution in [1.29, 1.82) is 0 Å². The van der Waals surface area contributed by atoms with Gasteiger partial charge in [-0.05, 0) is 48.6 Å². The van der Waals surface area contributed by atoms with Crippen molar-refractivity contribution in [3.63, 3.8) is 0 Å². The number of nitrogens with zero attached hydrogens (tertiary/aromatic N) is 2. The average molecular weight is 393 g/mol. The maximum absolute atomic E-state index is 11.4. The number of ether oxygens (including phenoxy) is 1. The fourth-order valence-corrected chi connectivity index (χ4v) is 3.77. The van der Waals surface area contributed by atoms with Crippen LogP contribution in [0.4, 0.5) is 5.82 Å². The molecule has 3 aromatic rings. The lowest BCUT2D eigenvalue weighted by Crippen LogP contribution is -2.14. The van der Waals surface area contributed by atoms with E-state index in [1.807, 2.05) is 42.5 Å². The summed E-state index contributed by atoms with van der Waals surface area (Å²) in [7, 11) is 0. The zero-order chi connectivity index (χ0) is 20.1. The van der Waals surface area contributed by atoms with Gasteiger partial charge in [0.2, 0.25) is 0 Å². The lowest BCUT2D eigenvalue weighted by Gasteiger charge is -2.12. The molecule has 1 aromatic carbocycles. The van der Waals surface area contributed by atoms with Crippen LogP contribution in [0.15, 0.2) is 65.7 Å². The van der Waals surface area contributed by atoms with Crippen LogP contribution in [-0.2, 0) is 10.2 Å². The Hall–Kier alpha value is -3.35. The minimum absolute atomic E-state index is 0.0361. The number of anilines is 1. The first-order chi connectivity index (χ1) is 14.2. The summed E-state index contributed by atoms with van der Waals surface area (Å²) in [6, 6.07) is 13.6. The van der Waals surface area contributed by atoms with E-state index < -0.39 is 11.4 Å². The molecule has 2 heterocycles. The number of rotatable bonds is 10. The summed E-state index contributed by atoms with van der Waals surface area (Å²) in [6.07, 6.45) is 6.37. The van der Waals surface area contributed by atoms with E-state index in [-0.39, 0.29) is 12.3 Å². The number of oxazole rings is 1. The van der Waals surface area contributed by atoms with E-state index in [4.69, 9.17) is 9.15 Å². The van der Waals surface area contributed by atoms with E-state index in [1.54, 1.807) is 12.4 Å². The highest BCUT2D eigenvalue weighted by Crippen LogP contribution is 2.62. The average Bonchev–Trinajstić information content (AvgIpc) is 3.17. The van der Waals surface area contributed by atoms with Gasteiger partial charge in [0, 0.05) is 18.2 Å². The number of benzene rings is 1. The largest absolute Gasteiger partial charge is 0.494 e. The number of aliphatic carboxylic acids is 1. The summed E-state index contributed by atoms with van der Waals surface area (Å²) in [5.41, 5.74) is 0.591. The topological polar surface area (TPSA) is 97.5 Å². The molecule has 0 spiro atoms. The second-order valence-electron chi connectivity index (χ2n) is 7.26. The first-order valence-electron chi connectivity index (χ1n) is 9.66. The van der Waals surface area contributed by atoms with Gasteiger partial charge in [0.15, 0.2) is 6.39 Å².